The fourth-order valence-electron chi connectivity index (χ4n) is 5.13. The molecule has 1 saturated carbocycles. The summed E-state index contributed by atoms with van der Waals surface area (Å²) in [5.41, 5.74) is 8.34. The number of aromatic nitrogens is 3. The number of carbonyl (C=O) groups excluding carboxylic acids is 1. The zero-order valence-corrected chi connectivity index (χ0v) is 24.1. The Kier molecular flexibility index (Phi) is 11.4. The molecule has 0 aliphatic heterocycles. The zero-order chi connectivity index (χ0) is 28.2. The van der Waals surface area contributed by atoms with E-state index >= 15 is 0 Å². The Morgan fingerprint density at radius 3 is 2.33 bits per heavy atom. The number of nitrogens with two attached hydrogens (primary N) is 1. The summed E-state index contributed by atoms with van der Waals surface area (Å²) in [4.78, 5) is 13.3. The zero-order valence-electron chi connectivity index (χ0n) is 24.1. The van der Waals surface area contributed by atoms with Gasteiger partial charge in [-0.3, -0.25) is 4.79 Å². The lowest BCUT2D eigenvalue weighted by molar-refractivity contribution is -0.125. The minimum absolute atomic E-state index is 0.0145. The quantitative estimate of drug-likeness (QED) is 0.224. The third-order valence-electron chi connectivity index (χ3n) is 7.46. The fraction of sp³-hybridized carbons (Fsp3) is 0.531. The van der Waals surface area contributed by atoms with Crippen LogP contribution in [0.25, 0.3) is 11.1 Å². The Bertz CT molecular complexity index is 1190. The van der Waals surface area contributed by atoms with Crippen molar-refractivity contribution in [3.8, 4) is 22.6 Å². The number of para-hydroxylation sites is 2. The van der Waals surface area contributed by atoms with Crippen molar-refractivity contribution in [3.05, 3.63) is 60.4 Å². The third-order valence-corrected chi connectivity index (χ3v) is 7.46. The molecule has 1 atom stereocenters. The van der Waals surface area contributed by atoms with Gasteiger partial charge in [-0.15, -0.1) is 5.10 Å². The summed E-state index contributed by atoms with van der Waals surface area (Å²) in [6.45, 7) is 5.91. The van der Waals surface area contributed by atoms with Crippen molar-refractivity contribution in [1.29, 1.82) is 0 Å². The van der Waals surface area contributed by atoms with Gasteiger partial charge in [-0.05, 0) is 63.1 Å². The minimum Gasteiger partial charge on any atom is -0.493 e. The van der Waals surface area contributed by atoms with Crippen LogP contribution in [0.3, 0.4) is 0 Å². The Balaban J connectivity index is 1.44. The highest BCUT2D eigenvalue weighted by Gasteiger charge is 2.25. The van der Waals surface area contributed by atoms with Crippen molar-refractivity contribution >= 4 is 5.91 Å². The number of ether oxygens (including phenoxy) is 2. The molecule has 0 bridgehead atoms. The van der Waals surface area contributed by atoms with E-state index in [9.17, 15) is 4.79 Å². The summed E-state index contributed by atoms with van der Waals surface area (Å²) in [5.74, 6) is 2.18. The molecular weight excluding hydrogens is 502 g/mol. The Hall–Kier alpha value is -3.39. The number of amides is 1. The molecule has 2 aromatic carbocycles. The van der Waals surface area contributed by atoms with Gasteiger partial charge in [-0.25, -0.2) is 4.68 Å². The maximum atomic E-state index is 13.3. The molecule has 0 radical (unpaired) electrons. The topological polar surface area (TPSA) is 104 Å². The summed E-state index contributed by atoms with van der Waals surface area (Å²) in [7, 11) is 0. The van der Waals surface area contributed by atoms with E-state index in [1.165, 1.54) is 19.3 Å². The Morgan fingerprint density at radius 1 is 0.975 bits per heavy atom. The first-order valence-electron chi connectivity index (χ1n) is 14.9. The van der Waals surface area contributed by atoms with Gasteiger partial charge in [0, 0.05) is 17.2 Å². The normalized spacial score (nSPS) is 14.7. The van der Waals surface area contributed by atoms with Crippen LogP contribution in [-0.4, -0.2) is 40.1 Å². The smallest absolute Gasteiger partial charge is 0.245 e. The van der Waals surface area contributed by atoms with Gasteiger partial charge < -0.3 is 20.5 Å². The number of unbranched alkanes of at least 4 members (excludes halogenated alkanes) is 1. The summed E-state index contributed by atoms with van der Waals surface area (Å²) < 4.78 is 14.1. The first-order chi connectivity index (χ1) is 19.5. The lowest BCUT2D eigenvalue weighted by atomic mass is 9.95. The van der Waals surface area contributed by atoms with Crippen LogP contribution in [0, 0.1) is 5.92 Å². The van der Waals surface area contributed by atoms with Gasteiger partial charge in [-0.2, -0.15) is 0 Å². The highest BCUT2D eigenvalue weighted by Crippen LogP contribution is 2.36. The van der Waals surface area contributed by atoms with Crippen LogP contribution in [0.2, 0.25) is 0 Å². The van der Waals surface area contributed by atoms with Crippen LogP contribution in [0.5, 0.6) is 11.5 Å². The molecule has 4 rings (SSSR count). The van der Waals surface area contributed by atoms with E-state index < -0.39 is 6.04 Å². The number of hydrogen-bond acceptors (Lipinski definition) is 6. The summed E-state index contributed by atoms with van der Waals surface area (Å²) in [6.07, 6.45) is 10.9. The van der Waals surface area contributed by atoms with E-state index in [4.69, 9.17) is 15.2 Å². The summed E-state index contributed by atoms with van der Waals surface area (Å²) in [6, 6.07) is 15.9. The van der Waals surface area contributed by atoms with Crippen molar-refractivity contribution in [2.24, 2.45) is 11.7 Å². The standard InChI is InChI=1S/C32H45N5O3/c1-24(2)19-21-39-30-17-8-6-14-27(30)28-15-7-9-18-31(28)40-23-26-22-37(36-35-26)29(16-10-11-20-33)32(38)34-25-12-4-3-5-13-25/h6-9,14-15,17-18,22,24-25,29H,3-5,10-13,16,19-21,23,33H2,1-2H3,(H,34,38)/t29-/m1/s1. The largest absolute Gasteiger partial charge is 0.493 e. The molecule has 1 aromatic heterocycles. The fourth-order valence-corrected chi connectivity index (χ4v) is 5.13. The van der Waals surface area contributed by atoms with Crippen LogP contribution in [0.4, 0.5) is 0 Å². The second kappa shape index (κ2) is 15.4. The molecule has 216 valence electrons. The van der Waals surface area contributed by atoms with Crippen LogP contribution >= 0.6 is 0 Å². The lowest BCUT2D eigenvalue weighted by Gasteiger charge is -2.25. The van der Waals surface area contributed by atoms with Gasteiger partial charge in [0.1, 0.15) is 29.8 Å². The van der Waals surface area contributed by atoms with E-state index in [2.05, 4.69) is 35.5 Å². The average molecular weight is 548 g/mol. The predicted octanol–water partition coefficient (Wildman–Crippen LogP) is 6.07. The molecule has 3 aromatic rings. The summed E-state index contributed by atoms with van der Waals surface area (Å²) >= 11 is 0. The highest BCUT2D eigenvalue weighted by molar-refractivity contribution is 5.80. The molecule has 1 heterocycles. The van der Waals surface area contributed by atoms with Crippen molar-refractivity contribution in [2.45, 2.75) is 90.3 Å². The third kappa shape index (κ3) is 8.55. The molecule has 0 saturated heterocycles. The van der Waals surface area contributed by atoms with Crippen LogP contribution in [0.15, 0.2) is 54.7 Å². The van der Waals surface area contributed by atoms with E-state index in [0.717, 1.165) is 54.7 Å². The lowest BCUT2D eigenvalue weighted by Crippen LogP contribution is -2.41. The molecule has 8 nitrogen and oxygen atoms in total. The minimum atomic E-state index is -0.406. The molecule has 0 unspecified atom stereocenters. The Labute approximate surface area is 238 Å². The average Bonchev–Trinajstić information content (AvgIpc) is 3.43. The second-order valence-electron chi connectivity index (χ2n) is 11.1. The number of nitrogens with one attached hydrogen (secondary N) is 1. The number of carbonyl (C=O) groups is 1. The maximum Gasteiger partial charge on any atom is 0.245 e. The van der Waals surface area contributed by atoms with E-state index in [-0.39, 0.29) is 18.6 Å². The summed E-state index contributed by atoms with van der Waals surface area (Å²) in [5, 5.41) is 11.9. The molecule has 1 aliphatic rings. The highest BCUT2D eigenvalue weighted by atomic mass is 16.5. The van der Waals surface area contributed by atoms with Gasteiger partial charge in [0.25, 0.3) is 0 Å². The molecule has 8 heteroatoms. The van der Waals surface area contributed by atoms with Gasteiger partial charge >= 0.3 is 0 Å². The molecule has 1 aliphatic carbocycles. The first kappa shape index (κ1) is 29.6. The molecule has 1 fully saturated rings. The van der Waals surface area contributed by atoms with E-state index in [1.807, 2.05) is 48.7 Å². The van der Waals surface area contributed by atoms with Gasteiger partial charge in [0.2, 0.25) is 5.91 Å². The van der Waals surface area contributed by atoms with Crippen molar-refractivity contribution in [3.63, 3.8) is 0 Å². The SMILES string of the molecule is CC(C)CCOc1ccccc1-c1ccccc1OCc1cn([C@H](CCCCN)C(=O)NC2CCCCC2)nn1. The van der Waals surface area contributed by atoms with Crippen molar-refractivity contribution in [1.82, 2.24) is 20.3 Å². The molecule has 40 heavy (non-hydrogen) atoms. The number of hydrogen-bond donors (Lipinski definition) is 2. The predicted molar refractivity (Wildman–Crippen MR) is 158 cm³/mol. The van der Waals surface area contributed by atoms with Crippen LogP contribution in [0.1, 0.15) is 83.4 Å². The monoisotopic (exact) mass is 547 g/mol. The van der Waals surface area contributed by atoms with Crippen molar-refractivity contribution in [2.75, 3.05) is 13.2 Å². The molecule has 1 amide bonds. The van der Waals surface area contributed by atoms with E-state index in [1.54, 1.807) is 4.68 Å². The van der Waals surface area contributed by atoms with Gasteiger partial charge in [-0.1, -0.05) is 74.7 Å². The number of benzene rings is 2. The van der Waals surface area contributed by atoms with E-state index in [0.29, 0.717) is 31.2 Å². The molecular formula is C32H45N5O3. The maximum absolute atomic E-state index is 13.3. The van der Waals surface area contributed by atoms with Crippen LogP contribution in [-0.2, 0) is 11.4 Å². The first-order valence-corrected chi connectivity index (χ1v) is 14.9. The van der Waals surface area contributed by atoms with Crippen molar-refractivity contribution < 1.29 is 14.3 Å². The van der Waals surface area contributed by atoms with Crippen LogP contribution < -0.4 is 20.5 Å². The molecule has 3 N–H and O–H groups in total. The molecule has 0 spiro atoms. The Morgan fingerprint density at radius 2 is 1.65 bits per heavy atom. The number of nitrogens with zero attached hydrogens (tertiary/aromatic N) is 3. The number of rotatable bonds is 15. The van der Waals surface area contributed by atoms with Gasteiger partial charge in [0.15, 0.2) is 0 Å². The second-order valence-corrected chi connectivity index (χ2v) is 11.1. The van der Waals surface area contributed by atoms with Gasteiger partial charge in [0.05, 0.1) is 12.8 Å².